The van der Waals surface area contributed by atoms with Gasteiger partial charge in [0.05, 0.1) is 10.6 Å². The highest BCUT2D eigenvalue weighted by Crippen LogP contribution is 2.46. The molecule has 2 aliphatic rings. The molecular weight excluding hydrogens is 355 g/mol. The van der Waals surface area contributed by atoms with E-state index in [1.54, 1.807) is 12.1 Å². The summed E-state index contributed by atoms with van der Waals surface area (Å²) in [6, 6.07) is 11.9. The first-order valence-electron chi connectivity index (χ1n) is 8.14. The van der Waals surface area contributed by atoms with Crippen LogP contribution in [-0.4, -0.2) is 17.1 Å². The van der Waals surface area contributed by atoms with E-state index in [1.807, 2.05) is 18.2 Å². The number of halogens is 1. The van der Waals surface area contributed by atoms with E-state index in [0.29, 0.717) is 29.3 Å². The summed E-state index contributed by atoms with van der Waals surface area (Å²) in [5.74, 6) is 0.938. The molecule has 5 rings (SSSR count). The number of rotatable bonds is 2. The molecule has 3 heterocycles. The molecule has 0 aliphatic carbocycles. The second kappa shape index (κ2) is 5.81. The molecule has 1 atom stereocenters. The van der Waals surface area contributed by atoms with Crippen LogP contribution in [0.3, 0.4) is 0 Å². The van der Waals surface area contributed by atoms with Gasteiger partial charge in [-0.15, -0.1) is 0 Å². The molecule has 0 bridgehead atoms. The van der Waals surface area contributed by atoms with Crippen molar-refractivity contribution in [2.45, 2.75) is 12.3 Å². The van der Waals surface area contributed by atoms with Gasteiger partial charge in [0.2, 0.25) is 12.7 Å². The Bertz CT molecular complexity index is 1020. The molecule has 2 aliphatic heterocycles. The Morgan fingerprint density at radius 2 is 1.92 bits per heavy atom. The van der Waals surface area contributed by atoms with Crippen LogP contribution >= 0.6 is 11.5 Å². The molecule has 0 spiro atoms. The zero-order valence-electron chi connectivity index (χ0n) is 13.5. The highest BCUT2D eigenvalue weighted by atomic mass is 32.1. The van der Waals surface area contributed by atoms with Gasteiger partial charge in [-0.25, -0.2) is 4.39 Å². The number of anilines is 1. The van der Waals surface area contributed by atoms with E-state index in [-0.39, 0.29) is 24.4 Å². The maximum atomic E-state index is 13.2. The number of benzene rings is 2. The van der Waals surface area contributed by atoms with Crippen molar-refractivity contribution in [2.75, 3.05) is 12.1 Å². The minimum Gasteiger partial charge on any atom is -0.454 e. The summed E-state index contributed by atoms with van der Waals surface area (Å²) < 4.78 is 28.6. The van der Waals surface area contributed by atoms with Crippen LogP contribution in [0, 0.1) is 5.82 Å². The standard InChI is InChI=1S/C19H13FN2O3S/c20-12-4-1-10(2-5-12)17-18-19(26-22-17)13(8-16(23)21-18)11-3-6-14-15(7-11)25-9-24-14/h1-7,13H,8-9H2,(H,21,23)/t13-/m0/s1. The van der Waals surface area contributed by atoms with Crippen LogP contribution in [0.4, 0.5) is 10.1 Å². The van der Waals surface area contributed by atoms with E-state index in [2.05, 4.69) is 9.69 Å². The number of amides is 1. The number of nitrogens with zero attached hydrogens (tertiary/aromatic N) is 1. The number of nitrogens with one attached hydrogen (secondary N) is 1. The van der Waals surface area contributed by atoms with Crippen LogP contribution in [-0.2, 0) is 4.79 Å². The van der Waals surface area contributed by atoms with Crippen molar-refractivity contribution in [3.05, 3.63) is 58.7 Å². The van der Waals surface area contributed by atoms with Crippen LogP contribution in [0.2, 0.25) is 0 Å². The topological polar surface area (TPSA) is 60.5 Å². The van der Waals surface area contributed by atoms with E-state index in [9.17, 15) is 9.18 Å². The number of hydrogen-bond acceptors (Lipinski definition) is 5. The molecule has 1 N–H and O–H groups in total. The van der Waals surface area contributed by atoms with Crippen molar-refractivity contribution >= 4 is 23.1 Å². The van der Waals surface area contributed by atoms with E-state index in [4.69, 9.17) is 9.47 Å². The zero-order valence-corrected chi connectivity index (χ0v) is 14.3. The summed E-state index contributed by atoms with van der Waals surface area (Å²) in [7, 11) is 0. The number of ether oxygens (including phenoxy) is 2. The van der Waals surface area contributed by atoms with Gasteiger partial charge < -0.3 is 14.8 Å². The smallest absolute Gasteiger partial charge is 0.231 e. The van der Waals surface area contributed by atoms with Crippen molar-refractivity contribution in [2.24, 2.45) is 0 Å². The van der Waals surface area contributed by atoms with Crippen molar-refractivity contribution < 1.29 is 18.7 Å². The average Bonchev–Trinajstić information content (AvgIpc) is 3.27. The Balaban J connectivity index is 1.59. The molecule has 0 unspecified atom stereocenters. The fourth-order valence-electron chi connectivity index (χ4n) is 3.33. The van der Waals surface area contributed by atoms with Crippen LogP contribution in [0.15, 0.2) is 42.5 Å². The van der Waals surface area contributed by atoms with E-state index >= 15 is 0 Å². The summed E-state index contributed by atoms with van der Waals surface area (Å²) in [5.41, 5.74) is 3.14. The van der Waals surface area contributed by atoms with E-state index in [1.165, 1.54) is 23.7 Å². The summed E-state index contributed by atoms with van der Waals surface area (Å²) >= 11 is 1.36. The molecule has 0 saturated heterocycles. The number of hydrogen-bond donors (Lipinski definition) is 1. The fourth-order valence-corrected chi connectivity index (χ4v) is 4.31. The monoisotopic (exact) mass is 368 g/mol. The van der Waals surface area contributed by atoms with Gasteiger partial charge in [-0.3, -0.25) is 4.79 Å². The predicted molar refractivity (Wildman–Crippen MR) is 95.2 cm³/mol. The number of carbonyl (C=O) groups excluding carboxylic acids is 1. The Hall–Kier alpha value is -2.93. The molecule has 5 nitrogen and oxygen atoms in total. The van der Waals surface area contributed by atoms with Crippen molar-refractivity contribution in [3.8, 4) is 22.8 Å². The van der Waals surface area contributed by atoms with Crippen LogP contribution in [0.5, 0.6) is 11.5 Å². The highest BCUT2D eigenvalue weighted by molar-refractivity contribution is 7.07. The van der Waals surface area contributed by atoms with Gasteiger partial charge in [0.1, 0.15) is 11.5 Å². The molecule has 3 aromatic rings. The van der Waals surface area contributed by atoms with Gasteiger partial charge in [0, 0.05) is 17.9 Å². The highest BCUT2D eigenvalue weighted by Gasteiger charge is 2.32. The first kappa shape index (κ1) is 15.3. The van der Waals surface area contributed by atoms with Crippen molar-refractivity contribution in [3.63, 3.8) is 0 Å². The molecule has 26 heavy (non-hydrogen) atoms. The van der Waals surface area contributed by atoms with Crippen molar-refractivity contribution in [1.82, 2.24) is 4.37 Å². The Morgan fingerprint density at radius 3 is 2.77 bits per heavy atom. The lowest BCUT2D eigenvalue weighted by atomic mass is 9.89. The molecule has 130 valence electrons. The SMILES string of the molecule is O=C1C[C@@H](c2ccc3c(c2)OCO3)c2snc(-c3ccc(F)cc3)c2N1. The molecule has 1 aromatic heterocycles. The third-order valence-electron chi connectivity index (χ3n) is 4.61. The van der Waals surface area contributed by atoms with Crippen LogP contribution < -0.4 is 14.8 Å². The van der Waals surface area contributed by atoms with E-state index in [0.717, 1.165) is 16.0 Å². The van der Waals surface area contributed by atoms with Crippen molar-refractivity contribution in [1.29, 1.82) is 0 Å². The molecule has 2 aromatic carbocycles. The zero-order chi connectivity index (χ0) is 17.7. The largest absolute Gasteiger partial charge is 0.454 e. The van der Waals surface area contributed by atoms with E-state index < -0.39 is 0 Å². The summed E-state index contributed by atoms with van der Waals surface area (Å²) in [5, 5.41) is 2.93. The lowest BCUT2D eigenvalue weighted by Crippen LogP contribution is -2.22. The Morgan fingerprint density at radius 1 is 1.12 bits per heavy atom. The Kier molecular flexibility index (Phi) is 3.43. The Labute approximate surface area is 152 Å². The summed E-state index contributed by atoms with van der Waals surface area (Å²) in [6.07, 6.45) is 0.345. The molecular formula is C19H13FN2O3S. The normalized spacial score (nSPS) is 17.7. The minimum atomic E-state index is -0.305. The predicted octanol–water partition coefficient (Wildman–Crippen LogP) is 4.15. The molecule has 0 saturated carbocycles. The van der Waals surface area contributed by atoms with Gasteiger partial charge in [0.15, 0.2) is 11.5 Å². The third kappa shape index (κ3) is 2.43. The quantitative estimate of drug-likeness (QED) is 0.738. The lowest BCUT2D eigenvalue weighted by Gasteiger charge is -2.23. The molecule has 7 heteroatoms. The van der Waals surface area contributed by atoms with Crippen LogP contribution in [0.25, 0.3) is 11.3 Å². The fraction of sp³-hybridized carbons (Fsp3) is 0.158. The number of aromatic nitrogens is 1. The molecule has 0 radical (unpaired) electrons. The molecule has 1 amide bonds. The second-order valence-corrected chi connectivity index (χ2v) is 7.00. The summed E-state index contributed by atoms with van der Waals surface area (Å²) in [6.45, 7) is 0.213. The summed E-state index contributed by atoms with van der Waals surface area (Å²) in [4.78, 5) is 13.3. The maximum Gasteiger partial charge on any atom is 0.231 e. The maximum absolute atomic E-state index is 13.2. The van der Waals surface area contributed by atoms with Gasteiger partial charge in [-0.1, -0.05) is 6.07 Å². The minimum absolute atomic E-state index is 0.0660. The lowest BCUT2D eigenvalue weighted by molar-refractivity contribution is -0.116. The van der Waals surface area contributed by atoms with Gasteiger partial charge in [0.25, 0.3) is 0 Å². The van der Waals surface area contributed by atoms with Gasteiger partial charge in [-0.05, 0) is 53.5 Å². The second-order valence-electron chi connectivity index (χ2n) is 6.19. The number of carbonyl (C=O) groups is 1. The molecule has 0 fully saturated rings. The average molecular weight is 368 g/mol. The third-order valence-corrected chi connectivity index (χ3v) is 5.56. The van der Waals surface area contributed by atoms with Crippen LogP contribution in [0.1, 0.15) is 22.8 Å². The van der Waals surface area contributed by atoms with Gasteiger partial charge in [-0.2, -0.15) is 4.37 Å². The first-order chi connectivity index (χ1) is 12.7. The number of fused-ring (bicyclic) bond motifs is 2. The van der Waals surface area contributed by atoms with Gasteiger partial charge >= 0.3 is 0 Å². The first-order valence-corrected chi connectivity index (χ1v) is 8.91.